The number of imide groups is 2. The maximum atomic E-state index is 13.2. The lowest BCUT2D eigenvalue weighted by Gasteiger charge is -2.29. The van der Waals surface area contributed by atoms with Crippen LogP contribution in [-0.2, 0) is 14.3 Å². The van der Waals surface area contributed by atoms with Gasteiger partial charge in [-0.15, -0.1) is 0 Å². The fourth-order valence-corrected chi connectivity index (χ4v) is 3.25. The van der Waals surface area contributed by atoms with Crippen molar-refractivity contribution in [2.24, 2.45) is 0 Å². The number of carbonyl (C=O) groups excluding carboxylic acids is 3. The van der Waals surface area contributed by atoms with Crippen LogP contribution in [0.15, 0.2) is 54.1 Å². The molecule has 0 aliphatic carbocycles. The summed E-state index contributed by atoms with van der Waals surface area (Å²) in [7, 11) is 0. The Bertz CT molecular complexity index is 980. The zero-order valence-corrected chi connectivity index (χ0v) is 15.4. The SMILES string of the molecule is O=C1NC(=O)N(c2ccc(F)cc2)C(=O)/C1=C/c1ccc(N2CCOCC2)cc1. The number of rotatable bonds is 3. The fraction of sp³-hybridized carbons (Fsp3) is 0.190. The number of nitrogens with one attached hydrogen (secondary N) is 1. The summed E-state index contributed by atoms with van der Waals surface area (Å²) in [5.74, 6) is -2.02. The molecule has 148 valence electrons. The van der Waals surface area contributed by atoms with Gasteiger partial charge in [-0.3, -0.25) is 14.9 Å². The van der Waals surface area contributed by atoms with E-state index in [1.807, 2.05) is 12.1 Å². The molecule has 2 fully saturated rings. The first-order valence-electron chi connectivity index (χ1n) is 9.13. The molecule has 4 rings (SSSR count). The Morgan fingerprint density at radius 3 is 2.17 bits per heavy atom. The summed E-state index contributed by atoms with van der Waals surface area (Å²) in [5.41, 5.74) is 1.68. The van der Waals surface area contributed by atoms with Crippen molar-refractivity contribution in [3.8, 4) is 0 Å². The molecule has 0 saturated carbocycles. The minimum atomic E-state index is -0.869. The van der Waals surface area contributed by atoms with E-state index in [0.29, 0.717) is 18.8 Å². The largest absolute Gasteiger partial charge is 0.378 e. The van der Waals surface area contributed by atoms with Crippen molar-refractivity contribution >= 4 is 35.3 Å². The highest BCUT2D eigenvalue weighted by molar-refractivity contribution is 6.39. The number of benzene rings is 2. The first-order valence-corrected chi connectivity index (χ1v) is 9.13. The second-order valence-corrected chi connectivity index (χ2v) is 6.63. The zero-order valence-electron chi connectivity index (χ0n) is 15.4. The highest BCUT2D eigenvalue weighted by Gasteiger charge is 2.36. The summed E-state index contributed by atoms with van der Waals surface area (Å²) in [6, 6.07) is 11.4. The molecule has 0 spiro atoms. The number of nitrogens with zero attached hydrogens (tertiary/aromatic N) is 2. The highest BCUT2D eigenvalue weighted by atomic mass is 19.1. The lowest BCUT2D eigenvalue weighted by Crippen LogP contribution is -2.54. The van der Waals surface area contributed by atoms with Crippen LogP contribution >= 0.6 is 0 Å². The first-order chi connectivity index (χ1) is 14.0. The minimum Gasteiger partial charge on any atom is -0.378 e. The second kappa shape index (κ2) is 7.84. The zero-order chi connectivity index (χ0) is 20.4. The third-order valence-electron chi connectivity index (χ3n) is 4.77. The molecule has 29 heavy (non-hydrogen) atoms. The summed E-state index contributed by atoms with van der Waals surface area (Å²) in [6.07, 6.45) is 1.43. The average Bonchev–Trinajstić information content (AvgIpc) is 2.73. The normalized spacial score (nSPS) is 18.9. The third-order valence-corrected chi connectivity index (χ3v) is 4.77. The summed E-state index contributed by atoms with van der Waals surface area (Å²) in [6.45, 7) is 2.95. The van der Waals surface area contributed by atoms with Crippen LogP contribution in [0.2, 0.25) is 0 Å². The van der Waals surface area contributed by atoms with E-state index in [-0.39, 0.29) is 11.3 Å². The Morgan fingerprint density at radius 2 is 1.52 bits per heavy atom. The number of hydrogen-bond donors (Lipinski definition) is 1. The number of urea groups is 1. The van der Waals surface area contributed by atoms with Gasteiger partial charge in [0.05, 0.1) is 18.9 Å². The van der Waals surface area contributed by atoms with Gasteiger partial charge in [0, 0.05) is 18.8 Å². The summed E-state index contributed by atoms with van der Waals surface area (Å²) in [5, 5.41) is 2.15. The monoisotopic (exact) mass is 395 g/mol. The molecular weight excluding hydrogens is 377 g/mol. The number of morpholine rings is 1. The van der Waals surface area contributed by atoms with Gasteiger partial charge in [0.15, 0.2) is 0 Å². The van der Waals surface area contributed by atoms with E-state index in [1.165, 1.54) is 18.2 Å². The average molecular weight is 395 g/mol. The van der Waals surface area contributed by atoms with Crippen LogP contribution in [-0.4, -0.2) is 44.1 Å². The van der Waals surface area contributed by atoms with E-state index in [2.05, 4.69) is 10.2 Å². The van der Waals surface area contributed by atoms with Gasteiger partial charge >= 0.3 is 6.03 Å². The molecule has 7 nitrogen and oxygen atoms in total. The number of barbiturate groups is 1. The van der Waals surface area contributed by atoms with Crippen molar-refractivity contribution in [2.75, 3.05) is 36.1 Å². The van der Waals surface area contributed by atoms with E-state index >= 15 is 0 Å². The molecule has 0 aromatic heterocycles. The van der Waals surface area contributed by atoms with Crippen molar-refractivity contribution in [1.82, 2.24) is 5.32 Å². The molecule has 2 saturated heterocycles. The smallest absolute Gasteiger partial charge is 0.335 e. The van der Waals surface area contributed by atoms with Crippen molar-refractivity contribution in [3.05, 3.63) is 65.5 Å². The fourth-order valence-electron chi connectivity index (χ4n) is 3.25. The standard InChI is InChI=1S/C21H18FN3O4/c22-15-3-7-17(8-4-15)25-20(27)18(19(26)23-21(25)28)13-14-1-5-16(6-2-14)24-9-11-29-12-10-24/h1-8,13H,9-12H2,(H,23,26,28)/b18-13+. The van der Waals surface area contributed by atoms with Gasteiger partial charge in [-0.2, -0.15) is 0 Å². The molecule has 4 amide bonds. The number of carbonyl (C=O) groups is 3. The van der Waals surface area contributed by atoms with Gasteiger partial charge in [0.2, 0.25) is 0 Å². The van der Waals surface area contributed by atoms with Crippen LogP contribution in [0.1, 0.15) is 5.56 Å². The molecule has 2 aliphatic rings. The van der Waals surface area contributed by atoms with Gasteiger partial charge in [0.1, 0.15) is 11.4 Å². The quantitative estimate of drug-likeness (QED) is 0.638. The van der Waals surface area contributed by atoms with Crippen molar-refractivity contribution < 1.29 is 23.5 Å². The van der Waals surface area contributed by atoms with Gasteiger partial charge in [-0.25, -0.2) is 14.1 Å². The number of amides is 4. The van der Waals surface area contributed by atoms with Gasteiger partial charge in [0.25, 0.3) is 11.8 Å². The Balaban J connectivity index is 1.59. The molecule has 2 aliphatic heterocycles. The second-order valence-electron chi connectivity index (χ2n) is 6.63. The molecule has 2 aromatic carbocycles. The summed E-state index contributed by atoms with van der Waals surface area (Å²) >= 11 is 0. The maximum absolute atomic E-state index is 13.2. The maximum Gasteiger partial charge on any atom is 0.335 e. The summed E-state index contributed by atoms with van der Waals surface area (Å²) in [4.78, 5) is 40.2. The van der Waals surface area contributed by atoms with E-state index in [1.54, 1.807) is 12.1 Å². The minimum absolute atomic E-state index is 0.173. The van der Waals surface area contributed by atoms with Gasteiger partial charge in [-0.05, 0) is 48.0 Å². The molecule has 0 radical (unpaired) electrons. The number of ether oxygens (including phenoxy) is 1. The molecule has 0 unspecified atom stereocenters. The van der Waals surface area contributed by atoms with Crippen molar-refractivity contribution in [1.29, 1.82) is 0 Å². The first kappa shape index (κ1) is 18.8. The lowest BCUT2D eigenvalue weighted by molar-refractivity contribution is -0.122. The van der Waals surface area contributed by atoms with Crippen LogP contribution < -0.4 is 15.1 Å². The molecule has 0 bridgehead atoms. The topological polar surface area (TPSA) is 79.0 Å². The van der Waals surface area contributed by atoms with Crippen molar-refractivity contribution in [2.45, 2.75) is 0 Å². The molecule has 2 aromatic rings. The predicted octanol–water partition coefficient (Wildman–Crippen LogP) is 2.33. The van der Waals surface area contributed by atoms with Gasteiger partial charge in [-0.1, -0.05) is 12.1 Å². The van der Waals surface area contributed by atoms with Crippen LogP contribution in [0.25, 0.3) is 6.08 Å². The number of anilines is 2. The molecule has 2 heterocycles. The van der Waals surface area contributed by atoms with Crippen LogP contribution in [0, 0.1) is 5.82 Å². The van der Waals surface area contributed by atoms with E-state index in [0.717, 1.165) is 35.8 Å². The van der Waals surface area contributed by atoms with E-state index < -0.39 is 23.7 Å². The Kier molecular flexibility index (Phi) is 5.09. The van der Waals surface area contributed by atoms with E-state index in [4.69, 9.17) is 4.74 Å². The third kappa shape index (κ3) is 3.88. The Hall–Kier alpha value is -3.52. The van der Waals surface area contributed by atoms with Crippen LogP contribution in [0.3, 0.4) is 0 Å². The molecule has 8 heteroatoms. The van der Waals surface area contributed by atoms with Gasteiger partial charge < -0.3 is 9.64 Å². The highest BCUT2D eigenvalue weighted by Crippen LogP contribution is 2.23. The Labute approximate surface area is 166 Å². The van der Waals surface area contributed by atoms with Crippen LogP contribution in [0.4, 0.5) is 20.6 Å². The van der Waals surface area contributed by atoms with E-state index in [9.17, 15) is 18.8 Å². The molecule has 1 N–H and O–H groups in total. The number of hydrogen-bond acceptors (Lipinski definition) is 5. The Morgan fingerprint density at radius 1 is 0.897 bits per heavy atom. The molecular formula is C21H18FN3O4. The summed E-state index contributed by atoms with van der Waals surface area (Å²) < 4.78 is 18.5. The van der Waals surface area contributed by atoms with Crippen molar-refractivity contribution in [3.63, 3.8) is 0 Å². The lowest BCUT2D eigenvalue weighted by atomic mass is 10.1. The number of halogens is 1. The van der Waals surface area contributed by atoms with Crippen LogP contribution in [0.5, 0.6) is 0 Å². The predicted molar refractivity (Wildman–Crippen MR) is 105 cm³/mol. The molecule has 0 atom stereocenters.